The average Bonchev–Trinajstić information content (AvgIpc) is 2.45. The van der Waals surface area contributed by atoms with Crippen molar-refractivity contribution in [1.82, 2.24) is 10.2 Å². The third kappa shape index (κ3) is 4.07. The van der Waals surface area contributed by atoms with Crippen LogP contribution in [0.15, 0.2) is 30.3 Å². The SMILES string of the molecule is CC(=O)N1CC(NCC(C)C)CC(c2ccccc2)C1. The highest BCUT2D eigenvalue weighted by Gasteiger charge is 2.29. The summed E-state index contributed by atoms with van der Waals surface area (Å²) in [7, 11) is 0. The van der Waals surface area contributed by atoms with Crippen molar-refractivity contribution >= 4 is 5.91 Å². The Balaban J connectivity index is 2.06. The first-order chi connectivity index (χ1) is 9.56. The lowest BCUT2D eigenvalue weighted by atomic mass is 9.88. The van der Waals surface area contributed by atoms with Gasteiger partial charge >= 0.3 is 0 Å². The van der Waals surface area contributed by atoms with E-state index >= 15 is 0 Å². The van der Waals surface area contributed by atoms with Gasteiger partial charge in [0, 0.05) is 32.0 Å². The van der Waals surface area contributed by atoms with E-state index in [1.807, 2.05) is 11.0 Å². The molecule has 1 aromatic carbocycles. The highest BCUT2D eigenvalue weighted by atomic mass is 16.2. The number of benzene rings is 1. The van der Waals surface area contributed by atoms with Crippen LogP contribution in [0.3, 0.4) is 0 Å². The van der Waals surface area contributed by atoms with Gasteiger partial charge in [-0.25, -0.2) is 0 Å². The normalized spacial score (nSPS) is 23.1. The van der Waals surface area contributed by atoms with Crippen LogP contribution in [0, 0.1) is 5.92 Å². The second kappa shape index (κ2) is 6.89. The number of nitrogens with zero attached hydrogens (tertiary/aromatic N) is 1. The zero-order valence-corrected chi connectivity index (χ0v) is 12.8. The molecule has 0 aromatic heterocycles. The molecule has 1 aliphatic heterocycles. The molecule has 3 heteroatoms. The Morgan fingerprint density at radius 1 is 1.30 bits per heavy atom. The number of likely N-dealkylation sites (tertiary alicyclic amines) is 1. The Labute approximate surface area is 122 Å². The summed E-state index contributed by atoms with van der Waals surface area (Å²) in [5.41, 5.74) is 1.34. The topological polar surface area (TPSA) is 32.3 Å². The van der Waals surface area contributed by atoms with Gasteiger partial charge in [-0.15, -0.1) is 0 Å². The van der Waals surface area contributed by atoms with E-state index in [0.29, 0.717) is 17.9 Å². The number of hydrogen-bond donors (Lipinski definition) is 1. The molecule has 0 saturated carbocycles. The molecule has 1 aromatic rings. The van der Waals surface area contributed by atoms with Crippen molar-refractivity contribution in [1.29, 1.82) is 0 Å². The summed E-state index contributed by atoms with van der Waals surface area (Å²) in [6.45, 7) is 8.80. The summed E-state index contributed by atoms with van der Waals surface area (Å²) in [6, 6.07) is 11.0. The summed E-state index contributed by atoms with van der Waals surface area (Å²) in [5.74, 6) is 1.26. The molecule has 1 saturated heterocycles. The maximum atomic E-state index is 11.8. The number of hydrogen-bond acceptors (Lipinski definition) is 2. The third-order valence-electron chi connectivity index (χ3n) is 3.98. The molecular formula is C17H26N2O. The molecule has 1 N–H and O–H groups in total. The van der Waals surface area contributed by atoms with E-state index in [4.69, 9.17) is 0 Å². The van der Waals surface area contributed by atoms with Crippen LogP contribution in [0.1, 0.15) is 38.7 Å². The molecule has 3 nitrogen and oxygen atoms in total. The van der Waals surface area contributed by atoms with E-state index in [-0.39, 0.29) is 5.91 Å². The van der Waals surface area contributed by atoms with Gasteiger partial charge in [-0.3, -0.25) is 4.79 Å². The highest BCUT2D eigenvalue weighted by Crippen LogP contribution is 2.27. The minimum absolute atomic E-state index is 0.182. The van der Waals surface area contributed by atoms with E-state index in [2.05, 4.69) is 43.4 Å². The van der Waals surface area contributed by atoms with Gasteiger partial charge < -0.3 is 10.2 Å². The smallest absolute Gasteiger partial charge is 0.219 e. The minimum atomic E-state index is 0.182. The van der Waals surface area contributed by atoms with Crippen molar-refractivity contribution in [2.45, 2.75) is 39.2 Å². The van der Waals surface area contributed by atoms with Crippen molar-refractivity contribution in [2.24, 2.45) is 5.92 Å². The van der Waals surface area contributed by atoms with Crippen molar-refractivity contribution in [2.75, 3.05) is 19.6 Å². The van der Waals surface area contributed by atoms with Crippen LogP contribution in [0.5, 0.6) is 0 Å². The molecule has 0 aliphatic carbocycles. The second-order valence-corrected chi connectivity index (χ2v) is 6.27. The summed E-state index contributed by atoms with van der Waals surface area (Å²) in [4.78, 5) is 13.7. The van der Waals surface area contributed by atoms with Crippen LogP contribution in [0.2, 0.25) is 0 Å². The molecular weight excluding hydrogens is 248 g/mol. The highest BCUT2D eigenvalue weighted by molar-refractivity contribution is 5.73. The van der Waals surface area contributed by atoms with Gasteiger partial charge in [0.15, 0.2) is 0 Å². The monoisotopic (exact) mass is 274 g/mol. The summed E-state index contributed by atoms with van der Waals surface area (Å²) < 4.78 is 0. The maximum Gasteiger partial charge on any atom is 0.219 e. The fourth-order valence-corrected chi connectivity index (χ4v) is 2.87. The molecule has 0 spiro atoms. The molecule has 0 bridgehead atoms. The molecule has 2 atom stereocenters. The Kier molecular flexibility index (Phi) is 5.18. The lowest BCUT2D eigenvalue weighted by Gasteiger charge is -2.38. The van der Waals surface area contributed by atoms with Crippen LogP contribution in [-0.4, -0.2) is 36.5 Å². The predicted molar refractivity (Wildman–Crippen MR) is 82.7 cm³/mol. The molecule has 1 amide bonds. The van der Waals surface area contributed by atoms with Gasteiger partial charge in [0.1, 0.15) is 0 Å². The Hall–Kier alpha value is -1.35. The quantitative estimate of drug-likeness (QED) is 0.915. The molecule has 1 aliphatic rings. The van der Waals surface area contributed by atoms with Crippen molar-refractivity contribution in [3.8, 4) is 0 Å². The van der Waals surface area contributed by atoms with Gasteiger partial charge in [0.05, 0.1) is 0 Å². The third-order valence-corrected chi connectivity index (χ3v) is 3.98. The fourth-order valence-electron chi connectivity index (χ4n) is 2.87. The number of carbonyl (C=O) groups excluding carboxylic acids is 1. The Morgan fingerprint density at radius 2 is 2.00 bits per heavy atom. The Bertz CT molecular complexity index is 430. The number of rotatable bonds is 4. The first-order valence-corrected chi connectivity index (χ1v) is 7.60. The average molecular weight is 274 g/mol. The predicted octanol–water partition coefficient (Wildman–Crippen LogP) is 2.64. The molecule has 1 heterocycles. The number of carbonyl (C=O) groups is 1. The van der Waals surface area contributed by atoms with E-state index in [1.54, 1.807) is 6.92 Å². The largest absolute Gasteiger partial charge is 0.341 e. The van der Waals surface area contributed by atoms with E-state index in [9.17, 15) is 4.79 Å². The number of piperidine rings is 1. The van der Waals surface area contributed by atoms with Crippen LogP contribution >= 0.6 is 0 Å². The molecule has 0 radical (unpaired) electrons. The van der Waals surface area contributed by atoms with Gasteiger partial charge in [0.2, 0.25) is 5.91 Å². The van der Waals surface area contributed by atoms with Crippen molar-refractivity contribution < 1.29 is 4.79 Å². The minimum Gasteiger partial charge on any atom is -0.341 e. The van der Waals surface area contributed by atoms with E-state index in [0.717, 1.165) is 26.1 Å². The molecule has 2 rings (SSSR count). The standard InChI is InChI=1S/C17H26N2O/c1-13(2)10-18-17-9-16(11-19(12-17)14(3)20)15-7-5-4-6-8-15/h4-8,13,16-18H,9-12H2,1-3H3. The summed E-state index contributed by atoms with van der Waals surface area (Å²) >= 11 is 0. The first kappa shape index (κ1) is 15.0. The summed E-state index contributed by atoms with van der Waals surface area (Å²) in [5, 5.41) is 3.61. The van der Waals surface area contributed by atoms with Gasteiger partial charge in [-0.1, -0.05) is 44.2 Å². The molecule has 1 fully saturated rings. The lowest BCUT2D eigenvalue weighted by Crippen LogP contribution is -2.50. The van der Waals surface area contributed by atoms with E-state index in [1.165, 1.54) is 5.56 Å². The zero-order chi connectivity index (χ0) is 14.5. The van der Waals surface area contributed by atoms with Crippen molar-refractivity contribution in [3.05, 3.63) is 35.9 Å². The second-order valence-electron chi connectivity index (χ2n) is 6.27. The van der Waals surface area contributed by atoms with Crippen LogP contribution in [-0.2, 0) is 4.79 Å². The number of nitrogens with one attached hydrogen (secondary N) is 1. The summed E-state index contributed by atoms with van der Waals surface area (Å²) in [6.07, 6.45) is 1.11. The van der Waals surface area contributed by atoms with Gasteiger partial charge in [-0.2, -0.15) is 0 Å². The maximum absolute atomic E-state index is 11.8. The molecule has 110 valence electrons. The Morgan fingerprint density at radius 3 is 2.60 bits per heavy atom. The fraction of sp³-hybridized carbons (Fsp3) is 0.588. The molecule has 20 heavy (non-hydrogen) atoms. The van der Waals surface area contributed by atoms with Gasteiger partial charge in [-0.05, 0) is 24.4 Å². The zero-order valence-electron chi connectivity index (χ0n) is 12.8. The lowest BCUT2D eigenvalue weighted by molar-refractivity contribution is -0.130. The van der Waals surface area contributed by atoms with Crippen LogP contribution in [0.25, 0.3) is 0 Å². The molecule has 2 unspecified atom stereocenters. The van der Waals surface area contributed by atoms with Crippen molar-refractivity contribution in [3.63, 3.8) is 0 Å². The van der Waals surface area contributed by atoms with E-state index < -0.39 is 0 Å². The number of amides is 1. The first-order valence-electron chi connectivity index (χ1n) is 7.60. The van der Waals surface area contributed by atoms with Crippen LogP contribution < -0.4 is 5.32 Å². The van der Waals surface area contributed by atoms with Gasteiger partial charge in [0.25, 0.3) is 0 Å². The van der Waals surface area contributed by atoms with Crippen LogP contribution in [0.4, 0.5) is 0 Å².